The number of aromatic nitrogens is 3. The number of nitrogens with zero attached hydrogens (tertiary/aromatic N) is 3. The molecule has 6 rings (SSSR count). The van der Waals surface area contributed by atoms with Crippen molar-refractivity contribution in [3.63, 3.8) is 0 Å². The first-order chi connectivity index (χ1) is 21.7. The number of carbonyl (C=O) groups excluding carboxylic acids is 2. The Morgan fingerprint density at radius 3 is 2.30 bits per heavy atom. The van der Waals surface area contributed by atoms with Crippen LogP contribution in [0.2, 0.25) is 0 Å². The van der Waals surface area contributed by atoms with Gasteiger partial charge in [0, 0.05) is 55.8 Å². The second-order valence-corrected chi connectivity index (χ2v) is 11.7. The van der Waals surface area contributed by atoms with E-state index >= 15 is 0 Å². The van der Waals surface area contributed by atoms with E-state index in [1.807, 2.05) is 6.07 Å². The van der Waals surface area contributed by atoms with Crippen LogP contribution in [0.4, 0.5) is 35.1 Å². The molecule has 0 saturated carbocycles. The summed E-state index contributed by atoms with van der Waals surface area (Å²) < 4.78 is 115. The van der Waals surface area contributed by atoms with Crippen molar-refractivity contribution in [3.05, 3.63) is 106 Å². The van der Waals surface area contributed by atoms with E-state index in [-0.39, 0.29) is 28.9 Å². The molecule has 0 amide bonds. The Labute approximate surface area is 257 Å². The lowest BCUT2D eigenvalue weighted by Gasteiger charge is -2.29. The first-order valence-corrected chi connectivity index (χ1v) is 14.4. The lowest BCUT2D eigenvalue weighted by atomic mass is 9.86. The Kier molecular flexibility index (Phi) is 8.06. The second-order valence-electron chi connectivity index (χ2n) is 11.7. The highest BCUT2D eigenvalue weighted by atomic mass is 19.3. The maximum atomic E-state index is 14.9. The van der Waals surface area contributed by atoms with E-state index in [1.54, 1.807) is 24.3 Å². The Bertz CT molecular complexity index is 1830. The number of hydrogen-bond donors (Lipinski definition) is 0. The maximum absolute atomic E-state index is 14.9. The van der Waals surface area contributed by atoms with E-state index in [4.69, 9.17) is 0 Å². The number of hydrogen-bond acceptors (Lipinski definition) is 4. The monoisotopic (exact) mass is 647 g/mol. The third-order valence-electron chi connectivity index (χ3n) is 8.37. The van der Waals surface area contributed by atoms with Crippen molar-refractivity contribution in [2.45, 2.75) is 69.3 Å². The van der Waals surface area contributed by atoms with E-state index in [0.717, 1.165) is 23.3 Å². The van der Waals surface area contributed by atoms with Crippen LogP contribution in [0.1, 0.15) is 70.9 Å². The van der Waals surface area contributed by atoms with Crippen LogP contribution in [0.25, 0.3) is 11.1 Å². The van der Waals surface area contributed by atoms with Crippen molar-refractivity contribution in [1.82, 2.24) is 14.8 Å². The molecule has 0 radical (unpaired) electrons. The van der Waals surface area contributed by atoms with Gasteiger partial charge in [-0.05, 0) is 46.9 Å². The molecule has 5 nitrogen and oxygen atoms in total. The molecule has 0 saturated heterocycles. The van der Waals surface area contributed by atoms with E-state index < -0.39 is 84.4 Å². The highest BCUT2D eigenvalue weighted by Gasteiger charge is 2.55. The summed E-state index contributed by atoms with van der Waals surface area (Å²) in [6, 6.07) is 11.5. The van der Waals surface area contributed by atoms with Gasteiger partial charge < -0.3 is 0 Å². The van der Waals surface area contributed by atoms with Crippen LogP contribution in [0.3, 0.4) is 0 Å². The number of Topliss-reactive ketones (excluding diaryl/α,β-unsaturated/α-hetero) is 2. The largest absolute Gasteiger partial charge is 0.299 e. The number of fused-ring (bicyclic) bond motifs is 2. The summed E-state index contributed by atoms with van der Waals surface area (Å²) >= 11 is 0. The molecular formula is C33H25F8N3O2. The quantitative estimate of drug-likeness (QED) is 0.174. The number of carbonyl (C=O) groups is 2. The summed E-state index contributed by atoms with van der Waals surface area (Å²) in [5, 5.41) is 3.36. The number of benzene rings is 2. The zero-order chi connectivity index (χ0) is 33.0. The molecule has 0 N–H and O–H groups in total. The van der Waals surface area contributed by atoms with Gasteiger partial charge >= 0.3 is 0 Å². The van der Waals surface area contributed by atoms with Crippen molar-refractivity contribution in [3.8, 4) is 11.1 Å². The van der Waals surface area contributed by atoms with Crippen LogP contribution in [0.5, 0.6) is 0 Å². The summed E-state index contributed by atoms with van der Waals surface area (Å²) in [6.45, 7) is -1.03. The summed E-state index contributed by atoms with van der Waals surface area (Å²) in [5.74, 6) is -11.4. The lowest BCUT2D eigenvalue weighted by molar-refractivity contribution is -0.121. The smallest absolute Gasteiger partial charge is 0.290 e. The highest BCUT2D eigenvalue weighted by Crippen LogP contribution is 2.52. The number of alkyl halides is 6. The fourth-order valence-electron chi connectivity index (χ4n) is 6.43. The molecule has 13 heteroatoms. The van der Waals surface area contributed by atoms with Crippen LogP contribution in [-0.2, 0) is 47.2 Å². The van der Waals surface area contributed by atoms with Gasteiger partial charge in [-0.25, -0.2) is 26.3 Å². The van der Waals surface area contributed by atoms with Gasteiger partial charge in [-0.2, -0.15) is 13.9 Å². The summed E-state index contributed by atoms with van der Waals surface area (Å²) in [6.07, 6.45) is -4.96. The second kappa shape index (κ2) is 11.7. The number of rotatable bonds is 9. The molecule has 0 unspecified atom stereocenters. The van der Waals surface area contributed by atoms with Gasteiger partial charge in [-0.1, -0.05) is 24.3 Å². The van der Waals surface area contributed by atoms with Crippen molar-refractivity contribution < 1.29 is 44.7 Å². The van der Waals surface area contributed by atoms with Crippen LogP contribution in [0.15, 0.2) is 54.7 Å². The standard InChI is InChI=1S/C33H25F8N3O2/c34-22-9-17(10-23(35)15-22)8-21(28-26(2-1-7-42-28)19-4-3-18-12-24(45)13-20(18)11-19)14-25(46)16-44-30-27(29(43-44)31(36)37)32(38,39)5-6-33(30,40)41/h1-4,7,9-11,15,21,31H,5-6,8,12-14,16H2/t21-/m1/s1. The molecule has 1 atom stereocenters. The van der Waals surface area contributed by atoms with Gasteiger partial charge in [0.15, 0.2) is 5.78 Å². The maximum Gasteiger partial charge on any atom is 0.290 e. The fourth-order valence-corrected chi connectivity index (χ4v) is 6.43. The predicted octanol–water partition coefficient (Wildman–Crippen LogP) is 7.79. The van der Waals surface area contributed by atoms with Crippen LogP contribution >= 0.6 is 0 Å². The minimum absolute atomic E-state index is 0.0503. The molecule has 4 aromatic rings. The third kappa shape index (κ3) is 6.06. The fraction of sp³-hybridized carbons (Fsp3) is 0.333. The molecule has 2 aliphatic rings. The van der Waals surface area contributed by atoms with Crippen LogP contribution in [0, 0.1) is 11.6 Å². The molecule has 240 valence electrons. The van der Waals surface area contributed by atoms with Crippen LogP contribution in [-0.4, -0.2) is 26.3 Å². The summed E-state index contributed by atoms with van der Waals surface area (Å²) in [4.78, 5) is 30.0. The van der Waals surface area contributed by atoms with Gasteiger partial charge in [0.05, 0.1) is 11.3 Å². The highest BCUT2D eigenvalue weighted by molar-refractivity contribution is 5.89. The molecule has 0 fully saturated rings. The van der Waals surface area contributed by atoms with E-state index in [2.05, 4.69) is 10.1 Å². The van der Waals surface area contributed by atoms with E-state index in [1.165, 1.54) is 6.20 Å². The normalized spacial score (nSPS) is 17.2. The average Bonchev–Trinajstić information content (AvgIpc) is 3.55. The van der Waals surface area contributed by atoms with Crippen molar-refractivity contribution in [1.29, 1.82) is 0 Å². The third-order valence-corrected chi connectivity index (χ3v) is 8.37. The predicted molar refractivity (Wildman–Crippen MR) is 149 cm³/mol. The molecule has 46 heavy (non-hydrogen) atoms. The Morgan fingerprint density at radius 1 is 0.891 bits per heavy atom. The van der Waals surface area contributed by atoms with Crippen molar-refractivity contribution in [2.75, 3.05) is 0 Å². The molecule has 2 aliphatic carbocycles. The first-order valence-electron chi connectivity index (χ1n) is 14.4. The van der Waals surface area contributed by atoms with Crippen molar-refractivity contribution >= 4 is 11.6 Å². The van der Waals surface area contributed by atoms with Gasteiger partial charge in [0.2, 0.25) is 0 Å². The van der Waals surface area contributed by atoms with Crippen molar-refractivity contribution in [2.24, 2.45) is 0 Å². The van der Waals surface area contributed by atoms with Gasteiger partial charge in [-0.3, -0.25) is 19.3 Å². The SMILES string of the molecule is O=C1Cc2ccc(-c3cccnc3[C@@H](CC(=O)Cn3nc(C(F)F)c4c3C(F)(F)CCC4(F)F)Cc3cc(F)cc(F)c3)cc2C1. The number of pyridine rings is 1. The summed E-state index contributed by atoms with van der Waals surface area (Å²) in [5.41, 5.74) is -1.20. The Hall–Kier alpha value is -4.42. The molecule has 0 aliphatic heterocycles. The Balaban J connectivity index is 1.38. The molecule has 2 aromatic carbocycles. The minimum atomic E-state index is -4.00. The molecular weight excluding hydrogens is 622 g/mol. The van der Waals surface area contributed by atoms with Gasteiger partial charge in [-0.15, -0.1) is 0 Å². The van der Waals surface area contributed by atoms with E-state index in [9.17, 15) is 44.7 Å². The first kappa shape index (κ1) is 31.6. The average molecular weight is 648 g/mol. The zero-order valence-electron chi connectivity index (χ0n) is 24.0. The topological polar surface area (TPSA) is 64.8 Å². The zero-order valence-corrected chi connectivity index (χ0v) is 24.0. The van der Waals surface area contributed by atoms with Crippen LogP contribution < -0.4 is 0 Å². The molecule has 0 bridgehead atoms. The number of ketones is 2. The van der Waals surface area contributed by atoms with Gasteiger partial charge in [0.1, 0.15) is 35.4 Å². The minimum Gasteiger partial charge on any atom is -0.299 e. The molecule has 2 aromatic heterocycles. The molecule has 2 heterocycles. The lowest BCUT2D eigenvalue weighted by Crippen LogP contribution is -2.33. The Morgan fingerprint density at radius 2 is 1.59 bits per heavy atom. The van der Waals surface area contributed by atoms with E-state index in [0.29, 0.717) is 29.3 Å². The number of halogens is 8. The van der Waals surface area contributed by atoms with Gasteiger partial charge in [0.25, 0.3) is 18.3 Å². The summed E-state index contributed by atoms with van der Waals surface area (Å²) in [7, 11) is 0. The molecule has 0 spiro atoms.